The minimum atomic E-state index is -5.05. The van der Waals surface area contributed by atoms with Crippen molar-refractivity contribution in [2.45, 2.75) is 60.3 Å². The topological polar surface area (TPSA) is 238 Å². The molecule has 0 spiro atoms. The van der Waals surface area contributed by atoms with Crippen LogP contribution in [-0.2, 0) is 31.4 Å². The molecule has 0 amide bonds. The van der Waals surface area contributed by atoms with Crippen LogP contribution >= 0.6 is 31.3 Å². The van der Waals surface area contributed by atoms with Gasteiger partial charge in [0.05, 0.1) is 6.61 Å². The van der Waals surface area contributed by atoms with Crippen molar-refractivity contribution in [3.63, 3.8) is 0 Å². The van der Waals surface area contributed by atoms with Gasteiger partial charge in [-0.1, -0.05) is 59.8 Å². The summed E-state index contributed by atoms with van der Waals surface area (Å²) in [7, 11) is -19.9. The molecule has 1 unspecified atom stereocenters. The Balaban J connectivity index is -0.000000541. The van der Waals surface area contributed by atoms with Crippen molar-refractivity contribution in [2.24, 2.45) is 0 Å². The maximum atomic E-state index is 11.1. The summed E-state index contributed by atoms with van der Waals surface area (Å²) in [5.74, 6) is 0. The maximum absolute atomic E-state index is 11.1. The van der Waals surface area contributed by atoms with E-state index < -0.39 is 31.3 Å². The van der Waals surface area contributed by atoms with Gasteiger partial charge in [-0.3, -0.25) is 4.52 Å². The van der Waals surface area contributed by atoms with Crippen LogP contribution in [0.15, 0.2) is 59.8 Å². The average Bonchev–Trinajstić information content (AvgIpc) is 2.63. The van der Waals surface area contributed by atoms with E-state index in [-0.39, 0.29) is 6.61 Å². The van der Waals surface area contributed by atoms with E-state index in [1.54, 1.807) is 6.08 Å². The molecular weight excluding hydrogens is 588 g/mol. The Kier molecular flexibility index (Phi) is 22.1. The smallest absolute Gasteiger partial charge is 0.302 e. The molecule has 0 bridgehead atoms. The van der Waals surface area contributed by atoms with Gasteiger partial charge in [0.15, 0.2) is 0 Å². The average molecular weight is 628 g/mol. The summed E-state index contributed by atoms with van der Waals surface area (Å²) in [6.45, 7) is 17.2. The number of allylic oxidation sites excluding steroid dienone is 7. The summed E-state index contributed by atoms with van der Waals surface area (Å²) < 4.78 is 51.7. The molecular formula is C20H40O14P4. The molecule has 7 N–H and O–H groups in total. The van der Waals surface area contributed by atoms with E-state index in [0.29, 0.717) is 0 Å². The second kappa shape index (κ2) is 20.2. The molecule has 0 aliphatic heterocycles. The Morgan fingerprint density at radius 3 is 1.39 bits per heavy atom. The predicted octanol–water partition coefficient (Wildman–Crippen LogP) is 5.57. The fourth-order valence-electron chi connectivity index (χ4n) is 1.91. The highest BCUT2D eigenvalue weighted by molar-refractivity contribution is 7.60. The van der Waals surface area contributed by atoms with Gasteiger partial charge in [0, 0.05) is 0 Å². The highest BCUT2D eigenvalue weighted by atomic mass is 31.3. The van der Waals surface area contributed by atoms with Gasteiger partial charge in [-0.05, 0) is 60.3 Å². The molecule has 14 nitrogen and oxygen atoms in total. The Bertz CT molecular complexity index is 985. The van der Waals surface area contributed by atoms with Gasteiger partial charge >= 0.3 is 31.3 Å². The van der Waals surface area contributed by atoms with Crippen LogP contribution in [0.25, 0.3) is 0 Å². The van der Waals surface area contributed by atoms with E-state index in [4.69, 9.17) is 34.3 Å². The molecule has 0 heterocycles. The molecule has 0 rings (SSSR count). The lowest BCUT2D eigenvalue weighted by atomic mass is 10.1. The maximum Gasteiger partial charge on any atom is 0.481 e. The van der Waals surface area contributed by atoms with E-state index in [1.807, 2.05) is 26.8 Å². The molecule has 0 aromatic carbocycles. The molecule has 0 saturated heterocycles. The number of hydrogen-bond donors (Lipinski definition) is 7. The quantitative estimate of drug-likeness (QED) is 0.0707. The highest BCUT2D eigenvalue weighted by Gasteiger charge is 2.31. The zero-order chi connectivity index (χ0) is 30.8. The molecule has 38 heavy (non-hydrogen) atoms. The predicted molar refractivity (Wildman–Crippen MR) is 145 cm³/mol. The lowest BCUT2D eigenvalue weighted by molar-refractivity contribution is 0.190. The lowest BCUT2D eigenvalue weighted by Crippen LogP contribution is -1.94. The first-order valence-corrected chi connectivity index (χ1v) is 16.8. The van der Waals surface area contributed by atoms with Crippen LogP contribution < -0.4 is 0 Å². The van der Waals surface area contributed by atoms with Gasteiger partial charge in [0.25, 0.3) is 0 Å². The fourth-order valence-corrected chi connectivity index (χ4v) is 4.54. The van der Waals surface area contributed by atoms with E-state index in [2.05, 4.69) is 52.3 Å². The van der Waals surface area contributed by atoms with Crippen LogP contribution in [0.4, 0.5) is 0 Å². The third kappa shape index (κ3) is 39.7. The minimum absolute atomic E-state index is 0.256. The zero-order valence-corrected chi connectivity index (χ0v) is 25.6. The van der Waals surface area contributed by atoms with Gasteiger partial charge in [-0.25, -0.2) is 18.3 Å². The van der Waals surface area contributed by atoms with Crippen molar-refractivity contribution in [2.75, 3.05) is 6.61 Å². The largest absolute Gasteiger partial charge is 0.481 e. The standard InChI is InChI=1S/C10H20O7P2.C10H16.H4O7P2/c1-9(2)5-4-6-10(3)7-8-16-19(14,15)17-18(11,12)13;1-5-10(4)8-6-7-9(2)3;1-8(2,3)7-9(4,5)6/h5,7H,4,6,8H2,1-3H3,(H,14,15)(H2,11,12,13);5,7H,1,4,6,8H2,2-3H3;(H2,1,2,3)(H2,4,5,6)/b10-7+;;. The zero-order valence-electron chi connectivity index (χ0n) is 22.0. The summed E-state index contributed by atoms with van der Waals surface area (Å²) in [6, 6.07) is 0. The van der Waals surface area contributed by atoms with Crippen molar-refractivity contribution in [3.8, 4) is 0 Å². The summed E-state index contributed by atoms with van der Waals surface area (Å²) in [6.07, 6.45) is 11.4. The monoisotopic (exact) mass is 628 g/mol. The molecule has 0 radical (unpaired) electrons. The van der Waals surface area contributed by atoms with E-state index in [0.717, 1.165) is 36.8 Å². The van der Waals surface area contributed by atoms with Crippen molar-refractivity contribution >= 4 is 31.3 Å². The fraction of sp³-hybridized carbons (Fsp3) is 0.500. The Morgan fingerprint density at radius 1 is 0.684 bits per heavy atom. The lowest BCUT2D eigenvalue weighted by Gasteiger charge is -2.11. The summed E-state index contributed by atoms with van der Waals surface area (Å²) in [4.78, 5) is 56.8. The molecule has 0 aliphatic rings. The van der Waals surface area contributed by atoms with Crippen LogP contribution in [0, 0.1) is 0 Å². The van der Waals surface area contributed by atoms with Gasteiger partial charge < -0.3 is 34.3 Å². The SMILES string of the molecule is C=CC(=C)CCC=C(C)C.CC(C)=CCC/C(C)=C/COP(=O)(O)OP(=O)(O)O.O=P(O)(O)OP(=O)(O)O. The summed E-state index contributed by atoms with van der Waals surface area (Å²) in [5.41, 5.74) is 4.64. The van der Waals surface area contributed by atoms with E-state index in [9.17, 15) is 18.3 Å². The van der Waals surface area contributed by atoms with E-state index in [1.165, 1.54) is 11.1 Å². The van der Waals surface area contributed by atoms with Gasteiger partial charge in [0.1, 0.15) is 0 Å². The Hall–Kier alpha value is -0.780. The van der Waals surface area contributed by atoms with Crippen molar-refractivity contribution in [3.05, 3.63) is 59.8 Å². The van der Waals surface area contributed by atoms with Gasteiger partial charge in [0.2, 0.25) is 0 Å². The third-order valence-electron chi connectivity index (χ3n) is 3.49. The normalized spacial score (nSPS) is 13.5. The number of hydrogen-bond acceptors (Lipinski definition) is 7. The molecule has 0 aromatic heterocycles. The molecule has 0 aromatic rings. The summed E-state index contributed by atoms with van der Waals surface area (Å²) >= 11 is 0. The van der Waals surface area contributed by atoms with Crippen molar-refractivity contribution in [1.29, 1.82) is 0 Å². The third-order valence-corrected chi connectivity index (χ3v) is 7.34. The summed E-state index contributed by atoms with van der Waals surface area (Å²) in [5, 5.41) is 0. The highest BCUT2D eigenvalue weighted by Crippen LogP contribution is 2.57. The first-order chi connectivity index (χ1) is 16.9. The minimum Gasteiger partial charge on any atom is -0.302 e. The Morgan fingerprint density at radius 2 is 1.08 bits per heavy atom. The second-order valence-corrected chi connectivity index (χ2v) is 13.4. The van der Waals surface area contributed by atoms with Crippen LogP contribution in [-0.4, -0.2) is 40.9 Å². The Labute approximate surface area is 223 Å². The molecule has 0 fully saturated rings. The first-order valence-electron chi connectivity index (χ1n) is 10.7. The van der Waals surface area contributed by atoms with Crippen LogP contribution in [0.3, 0.4) is 0 Å². The van der Waals surface area contributed by atoms with Gasteiger partial charge in [-0.15, -0.1) is 0 Å². The molecule has 224 valence electrons. The van der Waals surface area contributed by atoms with Crippen molar-refractivity contribution < 1.29 is 65.7 Å². The molecule has 18 heteroatoms. The van der Waals surface area contributed by atoms with Gasteiger partial charge in [-0.2, -0.15) is 8.62 Å². The molecule has 1 atom stereocenters. The number of phosphoric acid groups is 4. The molecule has 0 aliphatic carbocycles. The van der Waals surface area contributed by atoms with Crippen LogP contribution in [0.1, 0.15) is 60.3 Å². The number of phosphoric ester groups is 1. The van der Waals surface area contributed by atoms with Crippen LogP contribution in [0.5, 0.6) is 0 Å². The number of rotatable bonds is 14. The van der Waals surface area contributed by atoms with E-state index >= 15 is 0 Å². The van der Waals surface area contributed by atoms with Crippen molar-refractivity contribution in [1.82, 2.24) is 0 Å². The second-order valence-electron chi connectivity index (χ2n) is 7.95. The van der Waals surface area contributed by atoms with Crippen LogP contribution in [0.2, 0.25) is 0 Å². The first kappa shape index (κ1) is 41.7. The molecule has 0 saturated carbocycles.